The number of benzene rings is 1. The number of halogens is 1. The Morgan fingerprint density at radius 3 is 2.33 bits per heavy atom. The van der Waals surface area contributed by atoms with E-state index in [9.17, 15) is 0 Å². The third kappa shape index (κ3) is 5.17. The van der Waals surface area contributed by atoms with Gasteiger partial charge in [0.2, 0.25) is 0 Å². The first kappa shape index (κ1) is 14.4. The molecule has 1 aromatic rings. The van der Waals surface area contributed by atoms with Crippen molar-refractivity contribution in [3.63, 3.8) is 0 Å². The van der Waals surface area contributed by atoms with Crippen molar-refractivity contribution in [2.24, 2.45) is 0 Å². The predicted molar refractivity (Wildman–Crippen MR) is 66.4 cm³/mol. The molecule has 0 aliphatic rings. The molecule has 0 fully saturated rings. The fourth-order valence-corrected chi connectivity index (χ4v) is 1.31. The Kier molecular flexibility index (Phi) is 7.39. The van der Waals surface area contributed by atoms with Crippen molar-refractivity contribution in [1.82, 2.24) is 5.32 Å². The SMILES string of the molecule is CC[C@H](CO)NCc1ccc(C)cc1.Cl. The fraction of sp³-hybridized carbons (Fsp3) is 0.500. The molecule has 0 amide bonds. The van der Waals surface area contributed by atoms with E-state index in [1.165, 1.54) is 11.1 Å². The van der Waals surface area contributed by atoms with Crippen LogP contribution in [0.2, 0.25) is 0 Å². The van der Waals surface area contributed by atoms with E-state index < -0.39 is 0 Å². The van der Waals surface area contributed by atoms with Crippen LogP contribution in [0.5, 0.6) is 0 Å². The minimum Gasteiger partial charge on any atom is -0.395 e. The van der Waals surface area contributed by atoms with Crippen LogP contribution in [0.25, 0.3) is 0 Å². The topological polar surface area (TPSA) is 32.3 Å². The van der Waals surface area contributed by atoms with E-state index >= 15 is 0 Å². The smallest absolute Gasteiger partial charge is 0.0584 e. The Morgan fingerprint density at radius 2 is 1.87 bits per heavy atom. The molecule has 0 saturated carbocycles. The molecular formula is C12H20ClNO. The van der Waals surface area contributed by atoms with Gasteiger partial charge in [-0.25, -0.2) is 0 Å². The van der Waals surface area contributed by atoms with Gasteiger partial charge in [-0.05, 0) is 18.9 Å². The Morgan fingerprint density at radius 1 is 1.27 bits per heavy atom. The van der Waals surface area contributed by atoms with E-state index in [0.29, 0.717) is 0 Å². The van der Waals surface area contributed by atoms with Crippen molar-refractivity contribution >= 4 is 12.4 Å². The van der Waals surface area contributed by atoms with Gasteiger partial charge in [0.1, 0.15) is 0 Å². The summed E-state index contributed by atoms with van der Waals surface area (Å²) in [5.41, 5.74) is 2.55. The molecule has 0 aliphatic carbocycles. The van der Waals surface area contributed by atoms with E-state index in [1.807, 2.05) is 0 Å². The van der Waals surface area contributed by atoms with Crippen LogP contribution in [-0.4, -0.2) is 17.8 Å². The van der Waals surface area contributed by atoms with Gasteiger partial charge in [-0.3, -0.25) is 0 Å². The average Bonchev–Trinajstić information content (AvgIpc) is 2.22. The molecule has 1 rings (SSSR count). The highest BCUT2D eigenvalue weighted by atomic mass is 35.5. The van der Waals surface area contributed by atoms with Crippen LogP contribution in [0, 0.1) is 6.92 Å². The monoisotopic (exact) mass is 229 g/mol. The summed E-state index contributed by atoms with van der Waals surface area (Å²) in [6.07, 6.45) is 0.961. The number of aliphatic hydroxyl groups is 1. The summed E-state index contributed by atoms with van der Waals surface area (Å²) >= 11 is 0. The number of hydrogen-bond acceptors (Lipinski definition) is 2. The first-order chi connectivity index (χ1) is 6.76. The molecule has 0 saturated heterocycles. The molecule has 2 nitrogen and oxygen atoms in total. The Hall–Kier alpha value is -0.570. The minimum atomic E-state index is 0. The van der Waals surface area contributed by atoms with Crippen LogP contribution in [0.1, 0.15) is 24.5 Å². The van der Waals surface area contributed by atoms with Crippen LogP contribution in [-0.2, 0) is 6.54 Å². The standard InChI is InChI=1S/C12H19NO.ClH/c1-3-12(9-14)13-8-11-6-4-10(2)5-7-11;/h4-7,12-14H,3,8-9H2,1-2H3;1H/t12-;/m1./s1. The zero-order valence-corrected chi connectivity index (χ0v) is 10.2. The van der Waals surface area contributed by atoms with Crippen molar-refractivity contribution < 1.29 is 5.11 Å². The zero-order valence-electron chi connectivity index (χ0n) is 9.36. The molecule has 0 aromatic heterocycles. The van der Waals surface area contributed by atoms with Gasteiger partial charge in [-0.1, -0.05) is 36.8 Å². The molecule has 0 radical (unpaired) electrons. The summed E-state index contributed by atoms with van der Waals surface area (Å²) < 4.78 is 0. The lowest BCUT2D eigenvalue weighted by molar-refractivity contribution is 0.238. The van der Waals surface area contributed by atoms with E-state index in [0.717, 1.165) is 13.0 Å². The highest BCUT2D eigenvalue weighted by Gasteiger charge is 2.02. The molecule has 0 heterocycles. The Bertz CT molecular complexity index is 257. The molecule has 0 bridgehead atoms. The highest BCUT2D eigenvalue weighted by molar-refractivity contribution is 5.85. The quantitative estimate of drug-likeness (QED) is 0.812. The first-order valence-corrected chi connectivity index (χ1v) is 5.16. The predicted octanol–water partition coefficient (Wildman–Crippen LogP) is 2.28. The third-order valence-electron chi connectivity index (χ3n) is 2.43. The maximum Gasteiger partial charge on any atom is 0.0584 e. The van der Waals surface area contributed by atoms with Crippen LogP contribution in [0.3, 0.4) is 0 Å². The van der Waals surface area contributed by atoms with Crippen LogP contribution >= 0.6 is 12.4 Å². The molecule has 0 unspecified atom stereocenters. The summed E-state index contributed by atoms with van der Waals surface area (Å²) in [6.45, 7) is 5.20. The number of nitrogens with one attached hydrogen (secondary N) is 1. The van der Waals surface area contributed by atoms with Gasteiger partial charge in [0, 0.05) is 12.6 Å². The van der Waals surface area contributed by atoms with Crippen molar-refractivity contribution in [2.45, 2.75) is 32.9 Å². The van der Waals surface area contributed by atoms with Gasteiger partial charge < -0.3 is 10.4 Å². The molecule has 15 heavy (non-hydrogen) atoms. The molecule has 86 valence electrons. The van der Waals surface area contributed by atoms with Crippen molar-refractivity contribution in [3.05, 3.63) is 35.4 Å². The van der Waals surface area contributed by atoms with Gasteiger partial charge >= 0.3 is 0 Å². The number of aliphatic hydroxyl groups excluding tert-OH is 1. The number of hydrogen-bond donors (Lipinski definition) is 2. The second kappa shape index (κ2) is 7.69. The number of rotatable bonds is 5. The summed E-state index contributed by atoms with van der Waals surface area (Å²) in [7, 11) is 0. The summed E-state index contributed by atoms with van der Waals surface area (Å²) in [5.74, 6) is 0. The van der Waals surface area contributed by atoms with E-state index in [1.54, 1.807) is 0 Å². The van der Waals surface area contributed by atoms with Gasteiger partial charge in [0.25, 0.3) is 0 Å². The second-order valence-corrected chi connectivity index (χ2v) is 3.65. The van der Waals surface area contributed by atoms with Gasteiger partial charge in [-0.2, -0.15) is 0 Å². The number of aryl methyl sites for hydroxylation is 1. The minimum absolute atomic E-state index is 0. The van der Waals surface area contributed by atoms with Gasteiger partial charge in [0.15, 0.2) is 0 Å². The Labute approximate surface area is 98.1 Å². The molecule has 2 N–H and O–H groups in total. The fourth-order valence-electron chi connectivity index (χ4n) is 1.31. The second-order valence-electron chi connectivity index (χ2n) is 3.65. The van der Waals surface area contributed by atoms with Crippen LogP contribution in [0.4, 0.5) is 0 Å². The summed E-state index contributed by atoms with van der Waals surface area (Å²) in [5, 5.41) is 12.3. The van der Waals surface area contributed by atoms with Crippen LogP contribution < -0.4 is 5.32 Å². The summed E-state index contributed by atoms with van der Waals surface area (Å²) in [4.78, 5) is 0. The largest absolute Gasteiger partial charge is 0.395 e. The molecular weight excluding hydrogens is 210 g/mol. The summed E-state index contributed by atoms with van der Waals surface area (Å²) in [6, 6.07) is 8.67. The van der Waals surface area contributed by atoms with E-state index in [-0.39, 0.29) is 25.1 Å². The zero-order chi connectivity index (χ0) is 10.4. The Balaban J connectivity index is 0.00000196. The van der Waals surface area contributed by atoms with Crippen molar-refractivity contribution in [2.75, 3.05) is 6.61 Å². The molecule has 0 aliphatic heterocycles. The molecule has 1 atom stereocenters. The maximum absolute atomic E-state index is 8.99. The molecule has 0 spiro atoms. The molecule has 1 aromatic carbocycles. The molecule has 3 heteroatoms. The van der Waals surface area contributed by atoms with Gasteiger partial charge in [-0.15, -0.1) is 12.4 Å². The van der Waals surface area contributed by atoms with E-state index in [4.69, 9.17) is 5.11 Å². The lowest BCUT2D eigenvalue weighted by Crippen LogP contribution is -2.31. The maximum atomic E-state index is 8.99. The first-order valence-electron chi connectivity index (χ1n) is 5.16. The van der Waals surface area contributed by atoms with Crippen LogP contribution in [0.15, 0.2) is 24.3 Å². The lowest BCUT2D eigenvalue weighted by Gasteiger charge is -2.13. The lowest BCUT2D eigenvalue weighted by atomic mass is 10.1. The van der Waals surface area contributed by atoms with Gasteiger partial charge in [0.05, 0.1) is 6.61 Å². The third-order valence-corrected chi connectivity index (χ3v) is 2.43. The van der Waals surface area contributed by atoms with Crippen molar-refractivity contribution in [3.8, 4) is 0 Å². The average molecular weight is 230 g/mol. The normalized spacial score (nSPS) is 11.9. The van der Waals surface area contributed by atoms with Crippen molar-refractivity contribution in [1.29, 1.82) is 0 Å². The van der Waals surface area contributed by atoms with E-state index in [2.05, 4.69) is 43.4 Å². The highest BCUT2D eigenvalue weighted by Crippen LogP contribution is 2.03.